The molecule has 1 heterocycles. The second kappa shape index (κ2) is 10.4. The molecular weight excluding hydrogens is 386 g/mol. The van der Waals surface area contributed by atoms with Crippen molar-refractivity contribution in [3.05, 3.63) is 0 Å². The van der Waals surface area contributed by atoms with Crippen molar-refractivity contribution in [1.82, 2.24) is 5.32 Å². The Kier molecular flexibility index (Phi) is 8.87. The maximum atomic E-state index is 12.5. The number of nitrogens with one attached hydrogen (secondary N) is 1. The molecule has 4 unspecified atom stereocenters. The SMILES string of the molecule is CC(C)C(=O)OC1C(C)OC(=O)C(NC(=O)OC(C)(C)C)COC(=O)C1CCO. The van der Waals surface area contributed by atoms with Crippen LogP contribution >= 0.6 is 0 Å². The number of alkyl carbamates (subject to hydrolysis) is 1. The first-order chi connectivity index (χ1) is 13.4. The predicted molar refractivity (Wildman–Crippen MR) is 99.6 cm³/mol. The van der Waals surface area contributed by atoms with Gasteiger partial charge >= 0.3 is 24.0 Å². The van der Waals surface area contributed by atoms with Gasteiger partial charge in [0.2, 0.25) is 0 Å². The fourth-order valence-electron chi connectivity index (χ4n) is 2.55. The van der Waals surface area contributed by atoms with E-state index in [0.717, 1.165) is 0 Å². The van der Waals surface area contributed by atoms with Crippen molar-refractivity contribution in [2.24, 2.45) is 11.8 Å². The van der Waals surface area contributed by atoms with Crippen LogP contribution in [0.1, 0.15) is 48.0 Å². The first-order valence-electron chi connectivity index (χ1n) is 9.53. The van der Waals surface area contributed by atoms with E-state index in [2.05, 4.69) is 5.32 Å². The third-order valence-corrected chi connectivity index (χ3v) is 4.00. The summed E-state index contributed by atoms with van der Waals surface area (Å²) < 4.78 is 21.0. The molecule has 4 atom stereocenters. The molecule has 10 heteroatoms. The summed E-state index contributed by atoms with van der Waals surface area (Å²) in [5, 5.41) is 11.6. The Balaban J connectivity index is 3.05. The number of aliphatic hydroxyl groups excluding tert-OH is 1. The minimum Gasteiger partial charge on any atom is -0.463 e. The number of hydrogen-bond acceptors (Lipinski definition) is 9. The summed E-state index contributed by atoms with van der Waals surface area (Å²) in [5.74, 6) is -3.74. The van der Waals surface area contributed by atoms with Gasteiger partial charge < -0.3 is 29.4 Å². The molecule has 2 N–H and O–H groups in total. The van der Waals surface area contributed by atoms with E-state index in [0.29, 0.717) is 0 Å². The van der Waals surface area contributed by atoms with Crippen molar-refractivity contribution in [2.45, 2.75) is 71.8 Å². The Hall–Kier alpha value is -2.36. The van der Waals surface area contributed by atoms with Crippen LogP contribution in [0.5, 0.6) is 0 Å². The van der Waals surface area contributed by atoms with Gasteiger partial charge in [-0.05, 0) is 34.1 Å². The summed E-state index contributed by atoms with van der Waals surface area (Å²) in [4.78, 5) is 49.1. The second-order valence-electron chi connectivity index (χ2n) is 8.15. The molecule has 1 amide bonds. The van der Waals surface area contributed by atoms with E-state index < -0.39 is 66.3 Å². The Morgan fingerprint density at radius 1 is 1.24 bits per heavy atom. The van der Waals surface area contributed by atoms with Crippen molar-refractivity contribution in [1.29, 1.82) is 0 Å². The molecule has 166 valence electrons. The van der Waals surface area contributed by atoms with Gasteiger partial charge in [0.1, 0.15) is 18.3 Å². The van der Waals surface area contributed by atoms with E-state index in [1.807, 2.05) is 0 Å². The molecule has 10 nitrogen and oxygen atoms in total. The third kappa shape index (κ3) is 7.88. The van der Waals surface area contributed by atoms with Crippen LogP contribution in [0.25, 0.3) is 0 Å². The Bertz CT molecular complexity index is 611. The minimum absolute atomic E-state index is 0.0546. The molecule has 1 aliphatic heterocycles. The molecule has 1 rings (SSSR count). The van der Waals surface area contributed by atoms with Crippen molar-refractivity contribution in [3.63, 3.8) is 0 Å². The number of ether oxygens (including phenoxy) is 4. The average molecular weight is 417 g/mol. The standard InChI is InChI=1S/C19H31NO9/c1-10(2)15(22)28-14-11(3)27-17(24)13(20-18(25)29-19(4,5)6)9-26-16(23)12(14)7-8-21/h10-14,21H,7-9H2,1-6H3,(H,20,25). The summed E-state index contributed by atoms with van der Waals surface area (Å²) in [6, 6.07) is -1.30. The van der Waals surface area contributed by atoms with Gasteiger partial charge in [0, 0.05) is 6.61 Å². The lowest BCUT2D eigenvalue weighted by Gasteiger charge is -2.29. The van der Waals surface area contributed by atoms with Gasteiger partial charge in [0.05, 0.1) is 11.8 Å². The number of rotatable bonds is 5. The quantitative estimate of drug-likeness (QED) is 0.494. The van der Waals surface area contributed by atoms with Crippen LogP contribution in [0.4, 0.5) is 4.79 Å². The molecule has 0 aromatic rings. The fraction of sp³-hybridized carbons (Fsp3) is 0.789. The maximum Gasteiger partial charge on any atom is 0.408 e. The lowest BCUT2D eigenvalue weighted by Crippen LogP contribution is -2.48. The van der Waals surface area contributed by atoms with Gasteiger partial charge in [0.25, 0.3) is 0 Å². The highest BCUT2D eigenvalue weighted by Crippen LogP contribution is 2.23. The van der Waals surface area contributed by atoms with Crippen LogP contribution in [-0.4, -0.2) is 66.2 Å². The Labute approximate surface area is 170 Å². The minimum atomic E-state index is -1.30. The van der Waals surface area contributed by atoms with Crippen LogP contribution in [0, 0.1) is 11.8 Å². The highest BCUT2D eigenvalue weighted by Gasteiger charge is 2.42. The molecular formula is C19H31NO9. The van der Waals surface area contributed by atoms with E-state index in [9.17, 15) is 24.3 Å². The number of esters is 3. The highest BCUT2D eigenvalue weighted by atomic mass is 16.6. The van der Waals surface area contributed by atoms with E-state index >= 15 is 0 Å². The lowest BCUT2D eigenvalue weighted by molar-refractivity contribution is -0.177. The van der Waals surface area contributed by atoms with E-state index in [1.165, 1.54) is 6.92 Å². The molecule has 0 saturated carbocycles. The van der Waals surface area contributed by atoms with Crippen LogP contribution in [0.2, 0.25) is 0 Å². The Morgan fingerprint density at radius 2 is 1.86 bits per heavy atom. The van der Waals surface area contributed by atoms with Crippen LogP contribution < -0.4 is 5.32 Å². The van der Waals surface area contributed by atoms with Crippen molar-refractivity contribution < 1.29 is 43.2 Å². The first kappa shape index (κ1) is 24.7. The summed E-state index contributed by atoms with van der Waals surface area (Å²) in [5.41, 5.74) is -0.793. The van der Waals surface area contributed by atoms with Gasteiger partial charge in [-0.2, -0.15) is 0 Å². The molecule has 1 aliphatic rings. The summed E-state index contributed by atoms with van der Waals surface area (Å²) >= 11 is 0. The largest absolute Gasteiger partial charge is 0.463 e. The molecule has 0 radical (unpaired) electrons. The van der Waals surface area contributed by atoms with Gasteiger partial charge in [-0.3, -0.25) is 9.59 Å². The van der Waals surface area contributed by atoms with Crippen LogP contribution in [0.3, 0.4) is 0 Å². The molecule has 0 aliphatic carbocycles. The van der Waals surface area contributed by atoms with E-state index in [1.54, 1.807) is 34.6 Å². The topological polar surface area (TPSA) is 137 Å². The zero-order valence-electron chi connectivity index (χ0n) is 17.7. The molecule has 1 fully saturated rings. The Morgan fingerprint density at radius 3 is 2.38 bits per heavy atom. The third-order valence-electron chi connectivity index (χ3n) is 4.00. The molecule has 0 aromatic heterocycles. The van der Waals surface area contributed by atoms with Crippen molar-refractivity contribution >= 4 is 24.0 Å². The van der Waals surface area contributed by atoms with E-state index in [-0.39, 0.29) is 13.0 Å². The van der Waals surface area contributed by atoms with Gasteiger partial charge in [0.15, 0.2) is 12.1 Å². The molecule has 1 saturated heterocycles. The first-order valence-corrected chi connectivity index (χ1v) is 9.53. The van der Waals surface area contributed by atoms with Gasteiger partial charge in [-0.25, -0.2) is 9.59 Å². The predicted octanol–water partition coefficient (Wildman–Crippen LogP) is 0.935. The normalized spacial score (nSPS) is 25.8. The zero-order chi connectivity index (χ0) is 22.4. The summed E-state index contributed by atoms with van der Waals surface area (Å²) in [7, 11) is 0. The number of cyclic esters (lactones) is 2. The lowest BCUT2D eigenvalue weighted by atomic mass is 9.95. The smallest absolute Gasteiger partial charge is 0.408 e. The molecule has 29 heavy (non-hydrogen) atoms. The van der Waals surface area contributed by atoms with Crippen molar-refractivity contribution in [3.8, 4) is 0 Å². The fourth-order valence-corrected chi connectivity index (χ4v) is 2.55. The number of aliphatic hydroxyl groups is 1. The maximum absolute atomic E-state index is 12.5. The molecule has 0 bridgehead atoms. The zero-order valence-corrected chi connectivity index (χ0v) is 17.7. The van der Waals surface area contributed by atoms with Crippen molar-refractivity contribution in [2.75, 3.05) is 13.2 Å². The summed E-state index contributed by atoms with van der Waals surface area (Å²) in [6.07, 6.45) is -3.10. The second-order valence-corrected chi connectivity index (χ2v) is 8.15. The average Bonchev–Trinajstić information content (AvgIpc) is 2.61. The molecule has 0 spiro atoms. The van der Waals surface area contributed by atoms with Crippen LogP contribution in [0.15, 0.2) is 0 Å². The number of amides is 1. The van der Waals surface area contributed by atoms with Gasteiger partial charge in [-0.1, -0.05) is 13.8 Å². The van der Waals surface area contributed by atoms with Crippen LogP contribution in [-0.2, 0) is 33.3 Å². The van der Waals surface area contributed by atoms with Gasteiger partial charge in [-0.15, -0.1) is 0 Å². The molecule has 0 aromatic carbocycles. The monoisotopic (exact) mass is 417 g/mol. The number of hydrogen-bond donors (Lipinski definition) is 2. The number of carbonyl (C=O) groups excluding carboxylic acids is 4. The summed E-state index contributed by atoms with van der Waals surface area (Å²) in [6.45, 7) is 8.81. The number of carbonyl (C=O) groups is 4. The highest BCUT2D eigenvalue weighted by molar-refractivity contribution is 5.83. The van der Waals surface area contributed by atoms with E-state index in [4.69, 9.17) is 18.9 Å².